The Morgan fingerprint density at radius 3 is 2.29 bits per heavy atom. The van der Waals surface area contributed by atoms with Crippen LogP contribution in [-0.4, -0.2) is 16.3 Å². The van der Waals surface area contributed by atoms with Gasteiger partial charge in [0, 0.05) is 12.0 Å². The minimum Gasteiger partial charge on any atom is -0.331 e. The van der Waals surface area contributed by atoms with Crippen LogP contribution in [0.3, 0.4) is 0 Å². The summed E-state index contributed by atoms with van der Waals surface area (Å²) in [5.74, 6) is 0.281. The third-order valence-corrected chi connectivity index (χ3v) is 3.40. The first-order valence-corrected chi connectivity index (χ1v) is 6.28. The van der Waals surface area contributed by atoms with Gasteiger partial charge in [0.1, 0.15) is 0 Å². The highest BCUT2D eigenvalue weighted by Gasteiger charge is 2.38. The average molecular weight is 231 g/mol. The van der Waals surface area contributed by atoms with Gasteiger partial charge in [-0.1, -0.05) is 29.8 Å². The maximum Gasteiger partial charge on any atom is 0.223 e. The molecule has 1 heterocycles. The summed E-state index contributed by atoms with van der Waals surface area (Å²) < 4.78 is 0. The standard InChI is InChI=1S/C15H21NO/c1-11-5-7-12(8-6-11)13-9-10-14(17)16(13)15(2,3)4/h5-8,13H,9-10H2,1-4H3. The predicted octanol–water partition coefficient (Wildman–Crippen LogP) is 3.46. The number of nitrogens with zero attached hydrogens (tertiary/aromatic N) is 1. The van der Waals surface area contributed by atoms with E-state index in [4.69, 9.17) is 0 Å². The van der Waals surface area contributed by atoms with E-state index in [1.165, 1.54) is 11.1 Å². The molecule has 0 saturated carbocycles. The maximum atomic E-state index is 12.0. The van der Waals surface area contributed by atoms with E-state index in [9.17, 15) is 4.79 Å². The Bertz CT molecular complexity index is 414. The Labute approximate surface area is 104 Å². The molecule has 1 fully saturated rings. The minimum atomic E-state index is -0.0941. The Kier molecular flexibility index (Phi) is 2.98. The zero-order valence-electron chi connectivity index (χ0n) is 11.2. The number of likely N-dealkylation sites (tertiary alicyclic amines) is 1. The summed E-state index contributed by atoms with van der Waals surface area (Å²) >= 11 is 0. The third kappa shape index (κ3) is 2.36. The summed E-state index contributed by atoms with van der Waals surface area (Å²) in [6.07, 6.45) is 1.62. The first-order chi connectivity index (χ1) is 7.89. The normalized spacial score (nSPS) is 21.1. The summed E-state index contributed by atoms with van der Waals surface area (Å²) in [4.78, 5) is 14.0. The molecule has 1 unspecified atom stereocenters. The molecule has 0 N–H and O–H groups in total. The van der Waals surface area contributed by atoms with Crippen LogP contribution in [0.5, 0.6) is 0 Å². The van der Waals surface area contributed by atoms with Gasteiger partial charge >= 0.3 is 0 Å². The molecule has 0 radical (unpaired) electrons. The van der Waals surface area contributed by atoms with Gasteiger partial charge < -0.3 is 4.90 Å². The van der Waals surface area contributed by atoms with Crippen molar-refractivity contribution >= 4 is 5.91 Å². The van der Waals surface area contributed by atoms with Crippen LogP contribution < -0.4 is 0 Å². The van der Waals surface area contributed by atoms with Crippen LogP contribution >= 0.6 is 0 Å². The Hall–Kier alpha value is -1.31. The van der Waals surface area contributed by atoms with E-state index in [0.717, 1.165) is 6.42 Å². The SMILES string of the molecule is Cc1ccc(C2CCC(=O)N2C(C)(C)C)cc1. The zero-order chi connectivity index (χ0) is 12.6. The molecular weight excluding hydrogens is 210 g/mol. The summed E-state index contributed by atoms with van der Waals surface area (Å²) in [5, 5.41) is 0. The molecule has 2 rings (SSSR count). The molecule has 0 aliphatic carbocycles. The van der Waals surface area contributed by atoms with Crippen LogP contribution in [0.4, 0.5) is 0 Å². The number of benzene rings is 1. The van der Waals surface area contributed by atoms with Gasteiger partial charge in [-0.25, -0.2) is 0 Å². The van der Waals surface area contributed by atoms with Gasteiger partial charge in [-0.05, 0) is 39.7 Å². The molecule has 1 saturated heterocycles. The number of carbonyl (C=O) groups is 1. The molecule has 17 heavy (non-hydrogen) atoms. The van der Waals surface area contributed by atoms with Crippen molar-refractivity contribution in [2.45, 2.75) is 52.1 Å². The quantitative estimate of drug-likeness (QED) is 0.725. The van der Waals surface area contributed by atoms with Crippen LogP contribution in [0.2, 0.25) is 0 Å². The highest BCUT2D eigenvalue weighted by molar-refractivity contribution is 5.79. The van der Waals surface area contributed by atoms with Crippen LogP contribution in [0, 0.1) is 6.92 Å². The average Bonchev–Trinajstić information content (AvgIpc) is 2.61. The molecule has 92 valence electrons. The lowest BCUT2D eigenvalue weighted by molar-refractivity contribution is -0.133. The summed E-state index contributed by atoms with van der Waals surface area (Å²) in [6.45, 7) is 8.41. The van der Waals surface area contributed by atoms with Crippen molar-refractivity contribution in [2.24, 2.45) is 0 Å². The lowest BCUT2D eigenvalue weighted by Gasteiger charge is -2.37. The smallest absolute Gasteiger partial charge is 0.223 e. The molecule has 1 aliphatic rings. The number of hydrogen-bond acceptors (Lipinski definition) is 1. The van der Waals surface area contributed by atoms with E-state index >= 15 is 0 Å². The van der Waals surface area contributed by atoms with Crippen molar-refractivity contribution in [3.8, 4) is 0 Å². The highest BCUT2D eigenvalue weighted by Crippen LogP contribution is 2.37. The van der Waals surface area contributed by atoms with Crippen LogP contribution in [0.25, 0.3) is 0 Å². The first-order valence-electron chi connectivity index (χ1n) is 6.28. The van der Waals surface area contributed by atoms with Crippen molar-refractivity contribution < 1.29 is 4.79 Å². The third-order valence-electron chi connectivity index (χ3n) is 3.40. The number of carbonyl (C=O) groups excluding carboxylic acids is 1. The maximum absolute atomic E-state index is 12.0. The molecule has 1 aromatic rings. The second kappa shape index (κ2) is 4.17. The Morgan fingerprint density at radius 2 is 1.76 bits per heavy atom. The van der Waals surface area contributed by atoms with Gasteiger partial charge in [-0.3, -0.25) is 4.79 Å². The van der Waals surface area contributed by atoms with E-state index in [0.29, 0.717) is 6.42 Å². The van der Waals surface area contributed by atoms with Gasteiger partial charge in [0.15, 0.2) is 0 Å². The number of hydrogen-bond donors (Lipinski definition) is 0. The van der Waals surface area contributed by atoms with Gasteiger partial charge in [0.2, 0.25) is 5.91 Å². The van der Waals surface area contributed by atoms with E-state index in [-0.39, 0.29) is 17.5 Å². The molecule has 1 atom stereocenters. The molecule has 1 aliphatic heterocycles. The lowest BCUT2D eigenvalue weighted by Crippen LogP contribution is -2.43. The Morgan fingerprint density at radius 1 is 1.18 bits per heavy atom. The van der Waals surface area contributed by atoms with Crippen molar-refractivity contribution in [3.05, 3.63) is 35.4 Å². The fourth-order valence-electron chi connectivity index (χ4n) is 2.63. The summed E-state index contributed by atoms with van der Waals surface area (Å²) in [6, 6.07) is 8.80. The highest BCUT2D eigenvalue weighted by atomic mass is 16.2. The topological polar surface area (TPSA) is 20.3 Å². The van der Waals surface area contributed by atoms with Crippen LogP contribution in [0.1, 0.15) is 50.8 Å². The van der Waals surface area contributed by atoms with E-state index in [1.807, 2.05) is 4.90 Å². The lowest BCUT2D eigenvalue weighted by atomic mass is 9.98. The van der Waals surface area contributed by atoms with Crippen molar-refractivity contribution in [3.63, 3.8) is 0 Å². The molecule has 0 spiro atoms. The minimum absolute atomic E-state index is 0.0941. The molecule has 0 bridgehead atoms. The van der Waals surface area contributed by atoms with Crippen molar-refractivity contribution in [2.75, 3.05) is 0 Å². The van der Waals surface area contributed by atoms with Crippen LogP contribution in [-0.2, 0) is 4.79 Å². The molecule has 1 amide bonds. The monoisotopic (exact) mass is 231 g/mol. The van der Waals surface area contributed by atoms with Crippen molar-refractivity contribution in [1.82, 2.24) is 4.90 Å². The van der Waals surface area contributed by atoms with E-state index < -0.39 is 0 Å². The number of amides is 1. The van der Waals surface area contributed by atoms with Gasteiger partial charge in [-0.15, -0.1) is 0 Å². The second-order valence-corrected chi connectivity index (χ2v) is 5.90. The number of rotatable bonds is 1. The van der Waals surface area contributed by atoms with Gasteiger partial charge in [-0.2, -0.15) is 0 Å². The fourth-order valence-corrected chi connectivity index (χ4v) is 2.63. The summed E-state index contributed by atoms with van der Waals surface area (Å²) in [5.41, 5.74) is 2.43. The fraction of sp³-hybridized carbons (Fsp3) is 0.533. The van der Waals surface area contributed by atoms with Gasteiger partial charge in [0.05, 0.1) is 6.04 Å². The van der Waals surface area contributed by atoms with E-state index in [1.54, 1.807) is 0 Å². The zero-order valence-corrected chi connectivity index (χ0v) is 11.2. The largest absolute Gasteiger partial charge is 0.331 e. The first kappa shape index (κ1) is 12.2. The molecule has 2 heteroatoms. The predicted molar refractivity (Wildman–Crippen MR) is 69.8 cm³/mol. The Balaban J connectivity index is 2.32. The van der Waals surface area contributed by atoms with E-state index in [2.05, 4.69) is 52.0 Å². The summed E-state index contributed by atoms with van der Waals surface area (Å²) in [7, 11) is 0. The van der Waals surface area contributed by atoms with Crippen LogP contribution in [0.15, 0.2) is 24.3 Å². The van der Waals surface area contributed by atoms with Gasteiger partial charge in [0.25, 0.3) is 0 Å². The van der Waals surface area contributed by atoms with Crippen molar-refractivity contribution in [1.29, 1.82) is 0 Å². The molecule has 1 aromatic carbocycles. The second-order valence-electron chi connectivity index (χ2n) is 5.90. The molecule has 0 aromatic heterocycles. The molecule has 2 nitrogen and oxygen atoms in total. The number of aryl methyl sites for hydroxylation is 1. The molecular formula is C15H21NO.